The predicted octanol–water partition coefficient (Wildman–Crippen LogP) is 8.01. The summed E-state index contributed by atoms with van der Waals surface area (Å²) in [6, 6.07) is 23.3. The molecule has 11 nitrogen and oxygen atoms in total. The first-order chi connectivity index (χ1) is 23.6. The van der Waals surface area contributed by atoms with Crippen LogP contribution in [0.25, 0.3) is 10.8 Å². The summed E-state index contributed by atoms with van der Waals surface area (Å²) in [7, 11) is 0.515. The summed E-state index contributed by atoms with van der Waals surface area (Å²) >= 11 is 0. The summed E-state index contributed by atoms with van der Waals surface area (Å²) < 4.78 is 30.1. The molecule has 0 unspecified atom stereocenters. The number of benzene rings is 4. The normalized spacial score (nSPS) is 11.5. The van der Waals surface area contributed by atoms with E-state index in [1.54, 1.807) is 63.0 Å². The van der Waals surface area contributed by atoms with Gasteiger partial charge >= 0.3 is 6.03 Å². The van der Waals surface area contributed by atoms with Gasteiger partial charge in [-0.2, -0.15) is 0 Å². The van der Waals surface area contributed by atoms with Crippen molar-refractivity contribution in [2.45, 2.75) is 32.6 Å². The molecule has 0 aliphatic rings. The Labute approximate surface area is 291 Å². The fourth-order valence-electron chi connectivity index (χ4n) is 5.42. The number of carbonyl (C=O) groups excluding carboxylic acids is 2. The van der Waals surface area contributed by atoms with Crippen molar-refractivity contribution in [1.82, 2.24) is 4.98 Å². The topological polar surface area (TPSA) is 154 Å². The molecule has 0 atom stereocenters. The van der Waals surface area contributed by atoms with Crippen LogP contribution in [0.15, 0.2) is 85.1 Å². The number of rotatable bonds is 11. The number of urea groups is 1. The highest BCUT2D eigenvalue weighted by Gasteiger charge is 2.22. The molecule has 5 N–H and O–H groups in total. The summed E-state index contributed by atoms with van der Waals surface area (Å²) in [4.78, 5) is 29.7. The van der Waals surface area contributed by atoms with E-state index in [0.717, 1.165) is 16.3 Å². The summed E-state index contributed by atoms with van der Waals surface area (Å²) in [5.41, 5.74) is 8.41. The van der Waals surface area contributed by atoms with Crippen LogP contribution in [-0.2, 0) is 21.2 Å². The Kier molecular flexibility index (Phi) is 10.4. The summed E-state index contributed by atoms with van der Waals surface area (Å²) in [6.07, 6.45) is 1.59. The van der Waals surface area contributed by atoms with Crippen molar-refractivity contribution in [1.29, 1.82) is 0 Å². The monoisotopic (exact) mass is 695 g/mol. The van der Waals surface area contributed by atoms with Crippen LogP contribution in [-0.4, -0.2) is 44.5 Å². The quantitative estimate of drug-likeness (QED) is 0.101. The number of hydrogen-bond acceptors (Lipinski definition) is 8. The molecule has 0 bridgehead atoms. The lowest BCUT2D eigenvalue weighted by atomic mass is 9.85. The predicted molar refractivity (Wildman–Crippen MR) is 201 cm³/mol. The first-order valence-electron chi connectivity index (χ1n) is 15.9. The molecule has 4 aromatic carbocycles. The van der Waals surface area contributed by atoms with Gasteiger partial charge in [0.1, 0.15) is 36.0 Å². The van der Waals surface area contributed by atoms with Gasteiger partial charge < -0.3 is 40.5 Å². The first-order valence-corrected chi connectivity index (χ1v) is 18.5. The maximum Gasteiger partial charge on any atom is 0.323 e. The van der Waals surface area contributed by atoms with Crippen molar-refractivity contribution in [3.8, 4) is 23.0 Å². The summed E-state index contributed by atoms with van der Waals surface area (Å²) in [5, 5.41) is 11.3. The third-order valence-electron chi connectivity index (χ3n) is 7.96. The largest absolute Gasteiger partial charge is 0.497 e. The average molecular weight is 696 g/mol. The Hall–Kier alpha value is -5.54. The van der Waals surface area contributed by atoms with E-state index in [1.165, 1.54) is 7.11 Å². The molecule has 50 heavy (non-hydrogen) atoms. The number of methoxy groups -OCH3 is 2. The Morgan fingerprint density at radius 1 is 0.840 bits per heavy atom. The molecule has 3 amide bonds. The highest BCUT2D eigenvalue weighted by atomic mass is 31.2. The van der Waals surface area contributed by atoms with E-state index in [4.69, 9.17) is 19.9 Å². The van der Waals surface area contributed by atoms with Crippen LogP contribution >= 0.6 is 7.14 Å². The van der Waals surface area contributed by atoms with Crippen LogP contribution in [0, 0.1) is 0 Å². The summed E-state index contributed by atoms with van der Waals surface area (Å²) in [6.45, 7) is 9.54. The lowest BCUT2D eigenvalue weighted by Gasteiger charge is -2.23. The van der Waals surface area contributed by atoms with Crippen LogP contribution in [0.3, 0.4) is 0 Å². The number of amides is 3. The van der Waals surface area contributed by atoms with Gasteiger partial charge in [-0.25, -0.2) is 9.78 Å². The molecular formula is C38H42N5O6P. The van der Waals surface area contributed by atoms with Gasteiger partial charge in [-0.3, -0.25) is 4.79 Å². The molecule has 0 radical (unpaired) electrons. The zero-order chi connectivity index (χ0) is 36.2. The van der Waals surface area contributed by atoms with Crippen molar-refractivity contribution in [3.63, 3.8) is 0 Å². The van der Waals surface area contributed by atoms with Crippen LogP contribution < -0.4 is 41.2 Å². The molecule has 5 rings (SSSR count). The molecular weight excluding hydrogens is 653 g/mol. The molecule has 0 spiro atoms. The Morgan fingerprint density at radius 3 is 2.22 bits per heavy atom. The Morgan fingerprint density at radius 2 is 1.56 bits per heavy atom. The van der Waals surface area contributed by atoms with Gasteiger partial charge in [0.25, 0.3) is 0 Å². The molecule has 0 aliphatic carbocycles. The van der Waals surface area contributed by atoms with E-state index in [2.05, 4.69) is 20.9 Å². The minimum atomic E-state index is -2.53. The van der Waals surface area contributed by atoms with E-state index >= 15 is 0 Å². The number of ether oxygens (including phenoxy) is 3. The first kappa shape index (κ1) is 35.8. The number of anilines is 4. The number of nitrogens with zero attached hydrogens (tertiary/aromatic N) is 1. The Bertz CT molecular complexity index is 2120. The number of primary amides is 1. The van der Waals surface area contributed by atoms with Crippen molar-refractivity contribution < 1.29 is 28.4 Å². The van der Waals surface area contributed by atoms with E-state index in [-0.39, 0.29) is 11.8 Å². The van der Waals surface area contributed by atoms with E-state index in [0.29, 0.717) is 56.7 Å². The maximum atomic E-state index is 13.4. The summed E-state index contributed by atoms with van der Waals surface area (Å²) in [5.74, 6) is 2.07. The lowest BCUT2D eigenvalue weighted by molar-refractivity contribution is -0.117. The van der Waals surface area contributed by atoms with Crippen molar-refractivity contribution in [2.75, 3.05) is 43.5 Å². The minimum Gasteiger partial charge on any atom is -0.497 e. The molecule has 1 heterocycles. The maximum absolute atomic E-state index is 13.4. The van der Waals surface area contributed by atoms with Gasteiger partial charge in [0.05, 0.1) is 32.0 Å². The number of pyridine rings is 1. The molecule has 0 saturated carbocycles. The highest BCUT2D eigenvalue weighted by Crippen LogP contribution is 2.39. The van der Waals surface area contributed by atoms with E-state index in [1.807, 2.05) is 63.2 Å². The standard InChI is InChI=1S/C38H42N5O6P/c1-38(2,3)24-16-23(17-34(39)44)36(48-5)32(18-24)43-37(45)42-31-12-13-33(30-11-9-8-10-29(30)31)49-26-14-15-40-35(22-26)41-25-19-27(47-4)21-28(20-25)50(6,7)46/h8-16,18-22H,17H2,1-7H3,(H2,39,44)(H,40,41)(H2,42,43,45). The second-order valence-electron chi connectivity index (χ2n) is 13.2. The minimum absolute atomic E-state index is 0.0344. The SMILES string of the molecule is COc1cc(Nc2cc(Oc3ccc(NC(=O)Nc4cc(C(C)(C)C)cc(CC(N)=O)c4OC)c4ccccc34)ccn2)cc(P(C)(C)=O)c1. The van der Waals surface area contributed by atoms with Crippen molar-refractivity contribution in [2.24, 2.45) is 5.73 Å². The molecule has 1 aromatic heterocycles. The van der Waals surface area contributed by atoms with Crippen molar-refractivity contribution in [3.05, 3.63) is 96.2 Å². The average Bonchev–Trinajstić information content (AvgIpc) is 3.04. The number of hydrogen-bond donors (Lipinski definition) is 4. The van der Waals surface area contributed by atoms with Gasteiger partial charge in [0.15, 0.2) is 0 Å². The number of carbonyl (C=O) groups is 2. The smallest absolute Gasteiger partial charge is 0.323 e. The third-order valence-corrected chi connectivity index (χ3v) is 9.46. The second kappa shape index (κ2) is 14.5. The molecule has 0 fully saturated rings. The number of fused-ring (bicyclic) bond motifs is 1. The second-order valence-corrected chi connectivity index (χ2v) is 16.4. The van der Waals surface area contributed by atoms with Crippen LogP contribution in [0.1, 0.15) is 31.9 Å². The van der Waals surface area contributed by atoms with Gasteiger partial charge in [-0.05, 0) is 60.7 Å². The zero-order valence-corrected chi connectivity index (χ0v) is 30.1. The van der Waals surface area contributed by atoms with Crippen LogP contribution in [0.5, 0.6) is 23.0 Å². The van der Waals surface area contributed by atoms with E-state index in [9.17, 15) is 14.2 Å². The molecule has 0 saturated heterocycles. The molecule has 12 heteroatoms. The van der Waals surface area contributed by atoms with Crippen LogP contribution in [0.4, 0.5) is 27.7 Å². The Balaban J connectivity index is 1.39. The lowest BCUT2D eigenvalue weighted by Crippen LogP contribution is -2.22. The van der Waals surface area contributed by atoms with Gasteiger partial charge in [-0.15, -0.1) is 0 Å². The number of aromatic nitrogens is 1. The number of nitrogens with two attached hydrogens (primary N) is 1. The molecule has 5 aromatic rings. The number of nitrogens with one attached hydrogen (secondary N) is 3. The highest BCUT2D eigenvalue weighted by molar-refractivity contribution is 7.70. The fraction of sp³-hybridized carbons (Fsp3) is 0.237. The molecule has 0 aliphatic heterocycles. The molecule has 260 valence electrons. The fourth-order valence-corrected chi connectivity index (χ4v) is 6.31. The van der Waals surface area contributed by atoms with E-state index < -0.39 is 19.1 Å². The van der Waals surface area contributed by atoms with Crippen molar-refractivity contribution >= 4 is 58.0 Å². The zero-order valence-electron chi connectivity index (χ0n) is 29.2. The van der Waals surface area contributed by atoms with Gasteiger partial charge in [0, 0.05) is 45.7 Å². The third kappa shape index (κ3) is 8.54. The van der Waals surface area contributed by atoms with Gasteiger partial charge in [0.2, 0.25) is 5.91 Å². The van der Waals surface area contributed by atoms with Gasteiger partial charge in [-0.1, -0.05) is 51.1 Å². The van der Waals surface area contributed by atoms with Crippen LogP contribution in [0.2, 0.25) is 0 Å².